The molecule has 1 unspecified atom stereocenters. The smallest absolute Gasteiger partial charge is 0.230 e. The van der Waals surface area contributed by atoms with E-state index in [4.69, 9.17) is 5.11 Å². The van der Waals surface area contributed by atoms with E-state index in [1.807, 2.05) is 6.92 Å². The van der Waals surface area contributed by atoms with Crippen molar-refractivity contribution in [1.82, 2.24) is 5.32 Å². The minimum Gasteiger partial charge on any atom is -0.396 e. The van der Waals surface area contributed by atoms with Crippen molar-refractivity contribution in [2.75, 3.05) is 18.9 Å². The highest BCUT2D eigenvalue weighted by Crippen LogP contribution is 2.22. The van der Waals surface area contributed by atoms with Gasteiger partial charge in [0.25, 0.3) is 0 Å². The second-order valence-electron chi connectivity index (χ2n) is 5.18. The van der Waals surface area contributed by atoms with E-state index in [1.54, 1.807) is 11.8 Å². The highest BCUT2D eigenvalue weighted by molar-refractivity contribution is 8.01. The number of aliphatic hydroxyl groups is 1. The third-order valence-electron chi connectivity index (χ3n) is 2.14. The topological polar surface area (TPSA) is 49.3 Å². The maximum absolute atomic E-state index is 11.4. The van der Waals surface area contributed by atoms with Crippen molar-refractivity contribution < 1.29 is 9.90 Å². The van der Waals surface area contributed by atoms with E-state index in [1.165, 1.54) is 0 Å². The molecule has 1 atom stereocenters. The monoisotopic (exact) mass is 247 g/mol. The average molecular weight is 247 g/mol. The Morgan fingerprint density at radius 1 is 1.44 bits per heavy atom. The van der Waals surface area contributed by atoms with Crippen LogP contribution in [-0.2, 0) is 4.79 Å². The zero-order valence-electron chi connectivity index (χ0n) is 10.9. The number of hydrogen-bond donors (Lipinski definition) is 2. The van der Waals surface area contributed by atoms with Gasteiger partial charge < -0.3 is 10.4 Å². The van der Waals surface area contributed by atoms with Crippen LogP contribution in [0, 0.1) is 5.92 Å². The van der Waals surface area contributed by atoms with Crippen molar-refractivity contribution in [3.8, 4) is 0 Å². The predicted molar refractivity (Wildman–Crippen MR) is 70.7 cm³/mol. The molecule has 0 aromatic rings. The first-order chi connectivity index (χ1) is 7.35. The number of hydrogen-bond acceptors (Lipinski definition) is 3. The van der Waals surface area contributed by atoms with Crippen LogP contribution in [-0.4, -0.2) is 34.7 Å². The maximum Gasteiger partial charge on any atom is 0.230 e. The van der Waals surface area contributed by atoms with Gasteiger partial charge in [0.05, 0.1) is 5.75 Å². The van der Waals surface area contributed by atoms with Crippen LogP contribution in [0.2, 0.25) is 0 Å². The van der Waals surface area contributed by atoms with Crippen molar-refractivity contribution in [3.05, 3.63) is 0 Å². The third kappa shape index (κ3) is 10.3. The first kappa shape index (κ1) is 15.8. The Balaban J connectivity index is 3.45. The molecule has 0 aliphatic carbocycles. The zero-order valence-corrected chi connectivity index (χ0v) is 11.7. The second kappa shape index (κ2) is 7.96. The molecule has 0 aliphatic heterocycles. The molecule has 3 nitrogen and oxygen atoms in total. The SMILES string of the molecule is CC(CO)CCCNC(=O)CSC(C)(C)C. The summed E-state index contributed by atoms with van der Waals surface area (Å²) in [5.41, 5.74) is 0. The molecule has 0 aromatic carbocycles. The van der Waals surface area contributed by atoms with Crippen LogP contribution in [0.25, 0.3) is 0 Å². The molecule has 0 saturated carbocycles. The summed E-state index contributed by atoms with van der Waals surface area (Å²) >= 11 is 1.66. The molecule has 0 saturated heterocycles. The van der Waals surface area contributed by atoms with Crippen LogP contribution >= 0.6 is 11.8 Å². The minimum atomic E-state index is 0.108. The van der Waals surface area contributed by atoms with Crippen LogP contribution < -0.4 is 5.32 Å². The van der Waals surface area contributed by atoms with Crippen LogP contribution in [0.3, 0.4) is 0 Å². The summed E-state index contributed by atoms with van der Waals surface area (Å²) in [7, 11) is 0. The fraction of sp³-hybridized carbons (Fsp3) is 0.917. The predicted octanol–water partition coefficient (Wildman–Crippen LogP) is 2.04. The van der Waals surface area contributed by atoms with Crippen molar-refractivity contribution in [1.29, 1.82) is 0 Å². The molecule has 0 aliphatic rings. The van der Waals surface area contributed by atoms with Crippen molar-refractivity contribution in [3.63, 3.8) is 0 Å². The van der Waals surface area contributed by atoms with Gasteiger partial charge in [0.2, 0.25) is 5.91 Å². The number of thioether (sulfide) groups is 1. The van der Waals surface area contributed by atoms with Crippen LogP contribution in [0.15, 0.2) is 0 Å². The molecule has 16 heavy (non-hydrogen) atoms. The number of rotatable bonds is 7. The molecular formula is C12H25NO2S. The lowest BCUT2D eigenvalue weighted by atomic mass is 10.1. The molecule has 2 N–H and O–H groups in total. The third-order valence-corrected chi connectivity index (χ3v) is 3.42. The molecule has 1 amide bonds. The molecule has 0 spiro atoms. The zero-order chi connectivity index (χ0) is 12.6. The Kier molecular flexibility index (Phi) is 7.85. The summed E-state index contributed by atoms with van der Waals surface area (Å²) in [6, 6.07) is 0. The lowest BCUT2D eigenvalue weighted by Crippen LogP contribution is -2.28. The van der Waals surface area contributed by atoms with Gasteiger partial charge in [0.15, 0.2) is 0 Å². The lowest BCUT2D eigenvalue weighted by molar-refractivity contribution is -0.118. The molecule has 4 heteroatoms. The molecule has 96 valence electrons. The van der Waals surface area contributed by atoms with Gasteiger partial charge in [0, 0.05) is 17.9 Å². The van der Waals surface area contributed by atoms with Crippen LogP contribution in [0.4, 0.5) is 0 Å². The van der Waals surface area contributed by atoms with Crippen LogP contribution in [0.1, 0.15) is 40.5 Å². The number of carbonyl (C=O) groups excluding carboxylic acids is 1. The highest BCUT2D eigenvalue weighted by atomic mass is 32.2. The molecule has 0 heterocycles. The van der Waals surface area contributed by atoms with Gasteiger partial charge in [0.1, 0.15) is 0 Å². The summed E-state index contributed by atoms with van der Waals surface area (Å²) in [5, 5.41) is 11.7. The average Bonchev–Trinajstić information content (AvgIpc) is 2.20. The molecule has 0 radical (unpaired) electrons. The highest BCUT2D eigenvalue weighted by Gasteiger charge is 2.12. The molecule has 0 bridgehead atoms. The van der Waals surface area contributed by atoms with Gasteiger partial charge in [-0.3, -0.25) is 4.79 Å². The summed E-state index contributed by atoms with van der Waals surface area (Å²) in [5.74, 6) is 0.969. The Morgan fingerprint density at radius 2 is 2.06 bits per heavy atom. The summed E-state index contributed by atoms with van der Waals surface area (Å²) < 4.78 is 0.142. The standard InChI is InChI=1S/C12H25NO2S/c1-10(8-14)6-5-7-13-11(15)9-16-12(2,3)4/h10,14H,5-9H2,1-4H3,(H,13,15). The van der Waals surface area contributed by atoms with Crippen molar-refractivity contribution in [2.24, 2.45) is 5.92 Å². The Bertz CT molecular complexity index is 202. The minimum absolute atomic E-state index is 0.108. The van der Waals surface area contributed by atoms with E-state index in [2.05, 4.69) is 26.1 Å². The van der Waals surface area contributed by atoms with Gasteiger partial charge in [-0.05, 0) is 18.8 Å². The quantitative estimate of drug-likeness (QED) is 0.677. The summed E-state index contributed by atoms with van der Waals surface area (Å²) in [6.45, 7) is 9.27. The Hall–Kier alpha value is -0.220. The largest absolute Gasteiger partial charge is 0.396 e. The molecule has 0 fully saturated rings. The van der Waals surface area contributed by atoms with E-state index in [-0.39, 0.29) is 17.3 Å². The summed E-state index contributed by atoms with van der Waals surface area (Å²) in [4.78, 5) is 11.4. The normalized spacial score (nSPS) is 13.6. The molecule has 0 rings (SSSR count). The van der Waals surface area contributed by atoms with E-state index in [0.717, 1.165) is 12.8 Å². The van der Waals surface area contributed by atoms with E-state index in [9.17, 15) is 4.79 Å². The Labute approximate surface area is 103 Å². The number of carbonyl (C=O) groups is 1. The van der Waals surface area contributed by atoms with E-state index in [0.29, 0.717) is 18.2 Å². The fourth-order valence-electron chi connectivity index (χ4n) is 1.10. The number of amides is 1. The number of aliphatic hydroxyl groups excluding tert-OH is 1. The van der Waals surface area contributed by atoms with Gasteiger partial charge in [-0.1, -0.05) is 27.7 Å². The first-order valence-electron chi connectivity index (χ1n) is 5.86. The molecular weight excluding hydrogens is 222 g/mol. The lowest BCUT2D eigenvalue weighted by Gasteiger charge is -2.17. The van der Waals surface area contributed by atoms with Crippen molar-refractivity contribution in [2.45, 2.75) is 45.3 Å². The van der Waals surface area contributed by atoms with Gasteiger partial charge in [-0.2, -0.15) is 0 Å². The number of nitrogens with one attached hydrogen (secondary N) is 1. The molecule has 0 aromatic heterocycles. The summed E-state index contributed by atoms with van der Waals surface area (Å²) in [6.07, 6.45) is 1.90. The Morgan fingerprint density at radius 3 is 2.56 bits per heavy atom. The second-order valence-corrected chi connectivity index (χ2v) is 6.98. The van der Waals surface area contributed by atoms with Gasteiger partial charge >= 0.3 is 0 Å². The maximum atomic E-state index is 11.4. The van der Waals surface area contributed by atoms with E-state index >= 15 is 0 Å². The fourth-order valence-corrected chi connectivity index (χ4v) is 1.77. The first-order valence-corrected chi connectivity index (χ1v) is 6.85. The van der Waals surface area contributed by atoms with Crippen LogP contribution in [0.5, 0.6) is 0 Å². The van der Waals surface area contributed by atoms with Crippen molar-refractivity contribution >= 4 is 17.7 Å². The van der Waals surface area contributed by atoms with E-state index < -0.39 is 0 Å². The van der Waals surface area contributed by atoms with Gasteiger partial charge in [-0.25, -0.2) is 0 Å². The van der Waals surface area contributed by atoms with Gasteiger partial charge in [-0.15, -0.1) is 11.8 Å².